The smallest absolute Gasteiger partial charge is 0.322 e. The number of nitrogens with zero attached hydrogens (tertiary/aromatic N) is 1. The van der Waals surface area contributed by atoms with E-state index in [-0.39, 0.29) is 29.7 Å². The van der Waals surface area contributed by atoms with Crippen LogP contribution in [0.1, 0.15) is 32.2 Å². The molecule has 0 saturated heterocycles. The summed E-state index contributed by atoms with van der Waals surface area (Å²) in [5.41, 5.74) is 1.68. The Hall–Kier alpha value is -3.28. The summed E-state index contributed by atoms with van der Waals surface area (Å²) in [7, 11) is 3.76. The van der Waals surface area contributed by atoms with Gasteiger partial charge < -0.3 is 9.64 Å². The Morgan fingerprint density at radius 3 is 2.09 bits per heavy atom. The lowest BCUT2D eigenvalue weighted by molar-refractivity contribution is -0.139. The van der Waals surface area contributed by atoms with Gasteiger partial charge in [0.15, 0.2) is 11.6 Å². The van der Waals surface area contributed by atoms with E-state index in [1.807, 2.05) is 67.5 Å². The maximum absolute atomic E-state index is 13.7. The molecule has 0 aliphatic carbocycles. The number of Topliss-reactive ketones (excluding diaryl/α,β-unsaturated/α-hetero) is 2. The first-order chi connectivity index (χ1) is 15.5. The number of fused-ring (bicyclic) bond motifs is 1. The van der Waals surface area contributed by atoms with Crippen LogP contribution in [0.4, 0.5) is 0 Å². The van der Waals surface area contributed by atoms with Crippen molar-refractivity contribution in [2.24, 2.45) is 11.8 Å². The Labute approximate surface area is 199 Å². The van der Waals surface area contributed by atoms with Crippen molar-refractivity contribution >= 4 is 29.9 Å². The molecule has 0 aromatic heterocycles. The fourth-order valence-corrected chi connectivity index (χ4v) is 4.42. The third-order valence-electron chi connectivity index (χ3n) is 5.83. The second kappa shape index (κ2) is 10.6. The maximum Gasteiger partial charge on any atom is 0.322 e. The number of halogens is 1. The number of rotatable bonds is 7. The van der Waals surface area contributed by atoms with Crippen LogP contribution >= 0.6 is 12.4 Å². The van der Waals surface area contributed by atoms with E-state index in [4.69, 9.17) is 4.74 Å². The molecule has 6 heteroatoms. The summed E-state index contributed by atoms with van der Waals surface area (Å²) in [4.78, 5) is 42.3. The monoisotopic (exact) mass is 463 g/mol. The van der Waals surface area contributed by atoms with Crippen LogP contribution in [0, 0.1) is 11.8 Å². The second-order valence-electron chi connectivity index (χ2n) is 8.29. The van der Waals surface area contributed by atoms with E-state index in [1.165, 1.54) is 0 Å². The molecule has 0 fully saturated rings. The van der Waals surface area contributed by atoms with Crippen LogP contribution < -0.4 is 4.74 Å². The van der Waals surface area contributed by atoms with Crippen LogP contribution in [0.3, 0.4) is 0 Å². The number of esters is 1. The van der Waals surface area contributed by atoms with Gasteiger partial charge in [0.05, 0.1) is 5.56 Å². The minimum Gasteiger partial charge on any atom is -0.425 e. The Morgan fingerprint density at radius 1 is 0.879 bits per heavy atom. The highest BCUT2D eigenvalue weighted by Crippen LogP contribution is 2.41. The molecule has 33 heavy (non-hydrogen) atoms. The fraction of sp³-hybridized carbons (Fsp3) is 0.222. The standard InChI is InChI=1S/C27H25NO4.ClH/c1-28(2)17-21(25(29)19-13-7-4-8-14-19)23(18-11-5-3-6-12-18)24-26(30)20-15-9-10-16-22(20)32-27(24)31;/h3-16,21,23-24H,17H2,1-2H3;1H. The molecule has 1 aliphatic rings. The van der Waals surface area contributed by atoms with E-state index in [9.17, 15) is 14.4 Å². The SMILES string of the molecule is CN(C)CC(C(=O)c1ccccc1)C(c1ccccc1)C1C(=O)Oc2ccccc2C1=O.Cl. The molecule has 3 aromatic rings. The lowest BCUT2D eigenvalue weighted by atomic mass is 9.70. The number of ketones is 2. The van der Waals surface area contributed by atoms with Crippen molar-refractivity contribution in [3.8, 4) is 5.75 Å². The van der Waals surface area contributed by atoms with Crippen LogP contribution in [-0.4, -0.2) is 43.1 Å². The number of carbonyl (C=O) groups excluding carboxylic acids is 3. The molecule has 0 bridgehead atoms. The molecular formula is C27H26ClNO4. The molecule has 3 aromatic carbocycles. The van der Waals surface area contributed by atoms with Gasteiger partial charge in [0.2, 0.25) is 0 Å². The first-order valence-electron chi connectivity index (χ1n) is 10.6. The number of ether oxygens (including phenoxy) is 1. The minimum atomic E-state index is -1.11. The van der Waals surface area contributed by atoms with E-state index >= 15 is 0 Å². The largest absolute Gasteiger partial charge is 0.425 e. The van der Waals surface area contributed by atoms with Gasteiger partial charge in [-0.1, -0.05) is 72.8 Å². The number of hydrogen-bond donors (Lipinski definition) is 0. The van der Waals surface area contributed by atoms with Gasteiger partial charge in [-0.25, -0.2) is 0 Å². The minimum absolute atomic E-state index is 0. The zero-order valence-corrected chi connectivity index (χ0v) is 19.3. The molecule has 0 N–H and O–H groups in total. The highest BCUT2D eigenvalue weighted by Gasteiger charge is 2.47. The highest BCUT2D eigenvalue weighted by atomic mass is 35.5. The second-order valence-corrected chi connectivity index (χ2v) is 8.29. The quantitative estimate of drug-likeness (QED) is 0.220. The normalized spacial score (nSPS) is 16.9. The van der Waals surface area contributed by atoms with E-state index in [0.29, 0.717) is 17.7 Å². The van der Waals surface area contributed by atoms with Crippen LogP contribution in [0.15, 0.2) is 84.9 Å². The summed E-state index contributed by atoms with van der Waals surface area (Å²) in [5.74, 6) is -3.16. The van der Waals surface area contributed by atoms with Gasteiger partial charge in [-0.15, -0.1) is 12.4 Å². The Balaban J connectivity index is 0.00000306. The van der Waals surface area contributed by atoms with E-state index in [1.54, 1.807) is 36.4 Å². The van der Waals surface area contributed by atoms with Gasteiger partial charge >= 0.3 is 5.97 Å². The van der Waals surface area contributed by atoms with Gasteiger partial charge in [-0.2, -0.15) is 0 Å². The van der Waals surface area contributed by atoms with Crippen molar-refractivity contribution in [1.82, 2.24) is 4.90 Å². The molecule has 1 aliphatic heterocycles. The Bertz CT molecular complexity index is 1130. The molecule has 0 spiro atoms. The van der Waals surface area contributed by atoms with Gasteiger partial charge in [0.1, 0.15) is 11.7 Å². The molecule has 5 nitrogen and oxygen atoms in total. The van der Waals surface area contributed by atoms with Crippen molar-refractivity contribution in [1.29, 1.82) is 0 Å². The summed E-state index contributed by atoms with van der Waals surface area (Å²) in [6.07, 6.45) is 0. The average molecular weight is 464 g/mol. The average Bonchev–Trinajstić information content (AvgIpc) is 2.81. The van der Waals surface area contributed by atoms with Crippen LogP contribution in [-0.2, 0) is 4.79 Å². The molecular weight excluding hydrogens is 438 g/mol. The van der Waals surface area contributed by atoms with Crippen LogP contribution in [0.2, 0.25) is 0 Å². The van der Waals surface area contributed by atoms with Crippen molar-refractivity contribution in [3.63, 3.8) is 0 Å². The third-order valence-corrected chi connectivity index (χ3v) is 5.83. The lowest BCUT2D eigenvalue weighted by Gasteiger charge is -2.35. The van der Waals surface area contributed by atoms with Crippen molar-refractivity contribution in [3.05, 3.63) is 102 Å². The zero-order valence-electron chi connectivity index (χ0n) is 18.5. The number of benzene rings is 3. The number of hydrogen-bond acceptors (Lipinski definition) is 5. The van der Waals surface area contributed by atoms with E-state index < -0.39 is 23.7 Å². The van der Waals surface area contributed by atoms with Gasteiger partial charge in [0, 0.05) is 23.9 Å². The Morgan fingerprint density at radius 2 is 1.45 bits per heavy atom. The number of carbonyl (C=O) groups is 3. The van der Waals surface area contributed by atoms with Crippen LogP contribution in [0.5, 0.6) is 5.75 Å². The van der Waals surface area contributed by atoms with E-state index in [0.717, 1.165) is 5.56 Å². The lowest BCUT2D eigenvalue weighted by Crippen LogP contribution is -2.44. The molecule has 0 amide bonds. The predicted molar refractivity (Wildman–Crippen MR) is 129 cm³/mol. The van der Waals surface area contributed by atoms with Crippen molar-refractivity contribution in [2.45, 2.75) is 5.92 Å². The summed E-state index contributed by atoms with van der Waals surface area (Å²) in [6.45, 7) is 0.381. The van der Waals surface area contributed by atoms with Gasteiger partial charge in [-0.3, -0.25) is 14.4 Å². The summed E-state index contributed by atoms with van der Waals surface area (Å²) in [6, 6.07) is 25.1. The van der Waals surface area contributed by atoms with Crippen LogP contribution in [0.25, 0.3) is 0 Å². The molecule has 170 valence electrons. The topological polar surface area (TPSA) is 63.7 Å². The summed E-state index contributed by atoms with van der Waals surface area (Å²) >= 11 is 0. The van der Waals surface area contributed by atoms with Gasteiger partial charge in [0.25, 0.3) is 0 Å². The number of para-hydroxylation sites is 1. The van der Waals surface area contributed by atoms with Gasteiger partial charge in [-0.05, 0) is 31.8 Å². The molecule has 0 saturated carbocycles. The zero-order chi connectivity index (χ0) is 22.7. The fourth-order valence-electron chi connectivity index (χ4n) is 4.42. The van der Waals surface area contributed by atoms with E-state index in [2.05, 4.69) is 0 Å². The highest BCUT2D eigenvalue weighted by molar-refractivity contribution is 6.14. The molecule has 1 heterocycles. The molecule has 3 atom stereocenters. The van der Waals surface area contributed by atoms with Crippen molar-refractivity contribution in [2.75, 3.05) is 20.6 Å². The first kappa shape index (κ1) is 24.4. The molecule has 4 rings (SSSR count). The summed E-state index contributed by atoms with van der Waals surface area (Å²) in [5, 5.41) is 0. The third kappa shape index (κ3) is 5.05. The molecule has 0 radical (unpaired) electrons. The maximum atomic E-state index is 13.7. The Kier molecular flexibility index (Phi) is 7.79. The first-order valence-corrected chi connectivity index (χ1v) is 10.6. The van der Waals surface area contributed by atoms with Crippen molar-refractivity contribution < 1.29 is 19.1 Å². The molecule has 3 unspecified atom stereocenters. The summed E-state index contributed by atoms with van der Waals surface area (Å²) < 4.78 is 5.57. The predicted octanol–water partition coefficient (Wildman–Crippen LogP) is 4.67.